The van der Waals surface area contributed by atoms with Crippen LogP contribution in [-0.2, 0) is 30.6 Å². The van der Waals surface area contributed by atoms with E-state index in [4.69, 9.17) is 9.47 Å². The van der Waals surface area contributed by atoms with Crippen LogP contribution in [-0.4, -0.2) is 40.6 Å². The van der Waals surface area contributed by atoms with Gasteiger partial charge in [-0.15, -0.1) is 21.5 Å². The summed E-state index contributed by atoms with van der Waals surface area (Å²) in [5, 5.41) is 22.6. The van der Waals surface area contributed by atoms with Gasteiger partial charge in [0.25, 0.3) is 0 Å². The van der Waals surface area contributed by atoms with Crippen molar-refractivity contribution in [1.29, 1.82) is 5.26 Å². The predicted octanol–water partition coefficient (Wildman–Crippen LogP) is 4.45. The average Bonchev–Trinajstić information content (AvgIpc) is 3.42. The number of hydrogen-bond donors (Lipinski definition) is 1. The second-order valence-corrected chi connectivity index (χ2v) is 9.92. The summed E-state index contributed by atoms with van der Waals surface area (Å²) >= 11 is 2.89. The largest absolute Gasteiger partial charge is 0.493 e. The van der Waals surface area contributed by atoms with Gasteiger partial charge in [-0.05, 0) is 55.9 Å². The zero-order chi connectivity index (χ0) is 24.1. The van der Waals surface area contributed by atoms with Crippen LogP contribution in [0.2, 0.25) is 0 Å². The third kappa shape index (κ3) is 5.05. The number of carbonyl (C=O) groups excluding carboxylic acids is 1. The maximum Gasteiger partial charge on any atom is 0.235 e. The number of thiophene rings is 1. The molecule has 34 heavy (non-hydrogen) atoms. The van der Waals surface area contributed by atoms with Crippen LogP contribution in [0.1, 0.15) is 47.2 Å². The molecule has 2 aromatic heterocycles. The van der Waals surface area contributed by atoms with Gasteiger partial charge < -0.3 is 19.4 Å². The van der Waals surface area contributed by atoms with Crippen molar-refractivity contribution in [3.8, 4) is 17.6 Å². The summed E-state index contributed by atoms with van der Waals surface area (Å²) in [6.45, 7) is 2.72. The molecule has 10 heteroatoms. The van der Waals surface area contributed by atoms with E-state index in [2.05, 4.69) is 21.6 Å². The van der Waals surface area contributed by atoms with Gasteiger partial charge >= 0.3 is 0 Å². The molecule has 0 atom stereocenters. The summed E-state index contributed by atoms with van der Waals surface area (Å²) in [5.41, 5.74) is 2.78. The van der Waals surface area contributed by atoms with Gasteiger partial charge in [0.1, 0.15) is 16.9 Å². The van der Waals surface area contributed by atoms with Gasteiger partial charge in [0.2, 0.25) is 5.91 Å². The van der Waals surface area contributed by atoms with Crippen molar-refractivity contribution in [2.45, 2.75) is 50.7 Å². The van der Waals surface area contributed by atoms with Crippen LogP contribution in [0, 0.1) is 11.3 Å². The van der Waals surface area contributed by atoms with Crippen LogP contribution >= 0.6 is 23.1 Å². The van der Waals surface area contributed by atoms with Crippen molar-refractivity contribution < 1.29 is 14.3 Å². The van der Waals surface area contributed by atoms with Crippen LogP contribution < -0.4 is 14.8 Å². The Labute approximate surface area is 207 Å². The standard InChI is InChI=1S/C24H27N5O3S2/c1-4-29-21(12-15-9-10-18(31-2)19(11-15)32-3)27-28-24(29)33-14-22(30)26-23-17(13-25)16-7-5-6-8-20(16)34-23/h9-11H,4-8,12,14H2,1-3H3,(H,26,30). The quantitative estimate of drug-likeness (QED) is 0.436. The molecule has 1 aliphatic carbocycles. The first-order valence-corrected chi connectivity index (χ1v) is 13.0. The van der Waals surface area contributed by atoms with E-state index in [1.807, 2.05) is 29.7 Å². The number of hydrogen-bond acceptors (Lipinski definition) is 8. The normalized spacial score (nSPS) is 12.6. The maximum absolute atomic E-state index is 12.7. The van der Waals surface area contributed by atoms with Crippen molar-refractivity contribution in [3.05, 3.63) is 45.6 Å². The van der Waals surface area contributed by atoms with E-state index < -0.39 is 0 Å². The van der Waals surface area contributed by atoms with Crippen LogP contribution in [0.25, 0.3) is 0 Å². The highest BCUT2D eigenvalue weighted by atomic mass is 32.2. The number of anilines is 1. The summed E-state index contributed by atoms with van der Waals surface area (Å²) in [6, 6.07) is 8.07. The first kappa shape index (κ1) is 24.1. The molecule has 1 aliphatic rings. The SMILES string of the molecule is CCn1c(Cc2ccc(OC)c(OC)c2)nnc1SCC(=O)Nc1sc2c(c1C#N)CCCC2. The number of rotatable bonds is 9. The number of thioether (sulfide) groups is 1. The fourth-order valence-corrected chi connectivity index (χ4v) is 6.19. The summed E-state index contributed by atoms with van der Waals surface area (Å²) in [7, 11) is 3.22. The minimum atomic E-state index is -0.146. The number of amides is 1. The lowest BCUT2D eigenvalue weighted by atomic mass is 9.96. The second kappa shape index (κ2) is 10.9. The molecule has 0 unspecified atom stereocenters. The van der Waals surface area contributed by atoms with Crippen molar-refractivity contribution in [1.82, 2.24) is 14.8 Å². The Morgan fingerprint density at radius 2 is 2.03 bits per heavy atom. The molecule has 1 aromatic carbocycles. The number of nitrogens with one attached hydrogen (secondary N) is 1. The van der Waals surface area contributed by atoms with Gasteiger partial charge in [-0.2, -0.15) is 5.26 Å². The molecule has 3 aromatic rings. The lowest BCUT2D eigenvalue weighted by molar-refractivity contribution is -0.113. The molecule has 0 radical (unpaired) electrons. The number of ether oxygens (including phenoxy) is 2. The van der Waals surface area contributed by atoms with Gasteiger partial charge in [0.15, 0.2) is 16.7 Å². The zero-order valence-electron chi connectivity index (χ0n) is 19.5. The molecule has 2 heterocycles. The van der Waals surface area contributed by atoms with E-state index in [0.29, 0.717) is 40.2 Å². The van der Waals surface area contributed by atoms with E-state index in [-0.39, 0.29) is 11.7 Å². The monoisotopic (exact) mass is 497 g/mol. The van der Waals surface area contributed by atoms with Crippen LogP contribution in [0.5, 0.6) is 11.5 Å². The highest BCUT2D eigenvalue weighted by Crippen LogP contribution is 2.37. The number of nitriles is 1. The molecular formula is C24H27N5O3S2. The molecule has 0 saturated carbocycles. The number of fused-ring (bicyclic) bond motifs is 1. The number of methoxy groups -OCH3 is 2. The molecule has 1 N–H and O–H groups in total. The van der Waals surface area contributed by atoms with Crippen LogP contribution in [0.15, 0.2) is 23.4 Å². The summed E-state index contributed by atoms with van der Waals surface area (Å²) in [6.07, 6.45) is 4.73. The Bertz CT molecular complexity index is 1230. The van der Waals surface area contributed by atoms with Crippen molar-refractivity contribution in [2.75, 3.05) is 25.3 Å². The molecular weight excluding hydrogens is 470 g/mol. The second-order valence-electron chi connectivity index (χ2n) is 7.87. The lowest BCUT2D eigenvalue weighted by Crippen LogP contribution is -2.15. The van der Waals surface area contributed by atoms with Gasteiger partial charge in [-0.1, -0.05) is 17.8 Å². The minimum absolute atomic E-state index is 0.146. The maximum atomic E-state index is 12.7. The van der Waals surface area contributed by atoms with Crippen molar-refractivity contribution in [2.24, 2.45) is 0 Å². The van der Waals surface area contributed by atoms with Crippen LogP contribution in [0.3, 0.4) is 0 Å². The van der Waals surface area contributed by atoms with Gasteiger partial charge in [0.05, 0.1) is 25.5 Å². The number of carbonyl (C=O) groups is 1. The van der Waals surface area contributed by atoms with E-state index in [1.54, 1.807) is 14.2 Å². The molecule has 0 fully saturated rings. The Hall–Kier alpha value is -3.03. The Kier molecular flexibility index (Phi) is 7.75. The smallest absolute Gasteiger partial charge is 0.235 e. The number of aryl methyl sites for hydroxylation is 1. The third-order valence-corrected chi connectivity index (χ3v) is 7.96. The van der Waals surface area contributed by atoms with Crippen molar-refractivity contribution in [3.63, 3.8) is 0 Å². The number of benzene rings is 1. The number of aromatic nitrogens is 3. The van der Waals surface area contributed by atoms with E-state index in [1.165, 1.54) is 28.0 Å². The molecule has 4 rings (SSSR count). The topological polar surface area (TPSA) is 102 Å². The van der Waals surface area contributed by atoms with E-state index >= 15 is 0 Å². The third-order valence-electron chi connectivity index (χ3n) is 5.79. The molecule has 8 nitrogen and oxygen atoms in total. The Balaban J connectivity index is 1.42. The van der Waals surface area contributed by atoms with E-state index in [9.17, 15) is 10.1 Å². The molecule has 0 saturated heterocycles. The Morgan fingerprint density at radius 3 is 2.76 bits per heavy atom. The zero-order valence-corrected chi connectivity index (χ0v) is 21.1. The van der Waals surface area contributed by atoms with Crippen LogP contribution in [0.4, 0.5) is 5.00 Å². The molecule has 1 amide bonds. The highest BCUT2D eigenvalue weighted by Gasteiger charge is 2.22. The Morgan fingerprint density at radius 1 is 1.24 bits per heavy atom. The van der Waals surface area contributed by atoms with Gasteiger partial charge in [0, 0.05) is 17.8 Å². The summed E-state index contributed by atoms with van der Waals surface area (Å²) in [4.78, 5) is 13.9. The predicted molar refractivity (Wildman–Crippen MR) is 133 cm³/mol. The number of nitrogens with zero attached hydrogens (tertiary/aromatic N) is 4. The van der Waals surface area contributed by atoms with E-state index in [0.717, 1.165) is 42.6 Å². The fraction of sp³-hybridized carbons (Fsp3) is 0.417. The van der Waals surface area contributed by atoms with Gasteiger partial charge in [-0.3, -0.25) is 4.79 Å². The fourth-order valence-electron chi connectivity index (χ4n) is 4.11. The highest BCUT2D eigenvalue weighted by molar-refractivity contribution is 7.99. The molecule has 0 spiro atoms. The molecule has 0 aliphatic heterocycles. The lowest BCUT2D eigenvalue weighted by Gasteiger charge is -2.10. The first-order chi connectivity index (χ1) is 16.6. The summed E-state index contributed by atoms with van der Waals surface area (Å²) < 4.78 is 12.7. The minimum Gasteiger partial charge on any atom is -0.493 e. The van der Waals surface area contributed by atoms with Crippen molar-refractivity contribution >= 4 is 34.0 Å². The summed E-state index contributed by atoms with van der Waals surface area (Å²) in [5.74, 6) is 2.21. The first-order valence-electron chi connectivity index (χ1n) is 11.2. The average molecular weight is 498 g/mol. The van der Waals surface area contributed by atoms with Gasteiger partial charge in [-0.25, -0.2) is 0 Å². The molecule has 0 bridgehead atoms. The molecule has 178 valence electrons.